The summed E-state index contributed by atoms with van der Waals surface area (Å²) in [6.07, 6.45) is 3.04. The van der Waals surface area contributed by atoms with E-state index in [1.165, 1.54) is 6.42 Å². The Balaban J connectivity index is 1.94. The van der Waals surface area contributed by atoms with E-state index in [-0.39, 0.29) is 0 Å². The smallest absolute Gasteiger partial charge is 0.157 e. The molecule has 2 unspecified atom stereocenters. The van der Waals surface area contributed by atoms with Crippen LogP contribution in [-0.2, 0) is 6.54 Å². The van der Waals surface area contributed by atoms with Crippen LogP contribution in [0.2, 0.25) is 0 Å². The van der Waals surface area contributed by atoms with Crippen LogP contribution in [0.15, 0.2) is 16.6 Å². The van der Waals surface area contributed by atoms with E-state index in [2.05, 4.69) is 29.1 Å². The summed E-state index contributed by atoms with van der Waals surface area (Å²) >= 11 is 3.49. The molecule has 1 saturated heterocycles. The highest BCUT2D eigenvalue weighted by Crippen LogP contribution is 2.22. The van der Waals surface area contributed by atoms with Gasteiger partial charge in [0.15, 0.2) is 5.17 Å². The Morgan fingerprint density at radius 2 is 2.47 bits per heavy atom. The lowest BCUT2D eigenvalue weighted by Gasteiger charge is -2.26. The molecule has 15 heavy (non-hydrogen) atoms. The van der Waals surface area contributed by atoms with Gasteiger partial charge >= 0.3 is 0 Å². The SMILES string of the molecule is CC1CC(C)SC(=NCc2nccs2)N1. The van der Waals surface area contributed by atoms with Crippen molar-refractivity contribution in [3.63, 3.8) is 0 Å². The van der Waals surface area contributed by atoms with Gasteiger partial charge in [-0.2, -0.15) is 0 Å². The maximum atomic E-state index is 4.54. The van der Waals surface area contributed by atoms with Gasteiger partial charge in [0.2, 0.25) is 0 Å². The van der Waals surface area contributed by atoms with Gasteiger partial charge in [-0.05, 0) is 13.3 Å². The summed E-state index contributed by atoms with van der Waals surface area (Å²) in [7, 11) is 0. The van der Waals surface area contributed by atoms with E-state index in [1.807, 2.05) is 23.3 Å². The van der Waals surface area contributed by atoms with Crippen molar-refractivity contribution in [3.05, 3.63) is 16.6 Å². The molecule has 0 aromatic carbocycles. The van der Waals surface area contributed by atoms with E-state index >= 15 is 0 Å². The minimum absolute atomic E-state index is 0.538. The molecule has 3 nitrogen and oxygen atoms in total. The predicted octanol–water partition coefficient (Wildman–Crippen LogP) is 2.50. The Bertz CT molecular complexity index is 322. The normalized spacial score (nSPS) is 29.1. The molecule has 1 aliphatic heterocycles. The number of amidine groups is 1. The van der Waals surface area contributed by atoms with Crippen molar-refractivity contribution in [1.82, 2.24) is 10.3 Å². The number of aromatic nitrogens is 1. The fourth-order valence-electron chi connectivity index (χ4n) is 1.59. The molecule has 2 rings (SSSR count). The second-order valence-electron chi connectivity index (χ2n) is 3.76. The summed E-state index contributed by atoms with van der Waals surface area (Å²) in [5.41, 5.74) is 0. The lowest BCUT2D eigenvalue weighted by atomic mass is 10.2. The van der Waals surface area contributed by atoms with E-state index in [0.29, 0.717) is 17.8 Å². The van der Waals surface area contributed by atoms with Crippen molar-refractivity contribution in [2.24, 2.45) is 4.99 Å². The van der Waals surface area contributed by atoms with Crippen LogP contribution in [0.25, 0.3) is 0 Å². The average molecular weight is 241 g/mol. The number of rotatable bonds is 2. The van der Waals surface area contributed by atoms with E-state index in [1.54, 1.807) is 11.3 Å². The fraction of sp³-hybridized carbons (Fsp3) is 0.600. The van der Waals surface area contributed by atoms with E-state index in [0.717, 1.165) is 10.2 Å². The molecule has 1 fully saturated rings. The van der Waals surface area contributed by atoms with Gasteiger partial charge < -0.3 is 5.32 Å². The Labute approximate surface area is 98.4 Å². The van der Waals surface area contributed by atoms with Crippen molar-refractivity contribution >= 4 is 28.3 Å². The topological polar surface area (TPSA) is 37.3 Å². The largest absolute Gasteiger partial charge is 0.362 e. The number of thiazole rings is 1. The van der Waals surface area contributed by atoms with Gasteiger partial charge in [-0.15, -0.1) is 11.3 Å². The van der Waals surface area contributed by atoms with Crippen LogP contribution in [0.3, 0.4) is 0 Å². The van der Waals surface area contributed by atoms with E-state index in [9.17, 15) is 0 Å². The maximum absolute atomic E-state index is 4.54. The molecule has 0 spiro atoms. The first kappa shape index (κ1) is 11.0. The van der Waals surface area contributed by atoms with Gasteiger partial charge in [0.05, 0.1) is 6.54 Å². The van der Waals surface area contributed by atoms with Crippen molar-refractivity contribution in [2.75, 3.05) is 0 Å². The number of hydrogen-bond acceptors (Lipinski definition) is 4. The van der Waals surface area contributed by atoms with Crippen LogP contribution >= 0.6 is 23.1 Å². The van der Waals surface area contributed by atoms with Gasteiger partial charge in [0, 0.05) is 22.9 Å². The van der Waals surface area contributed by atoms with Gasteiger partial charge in [0.1, 0.15) is 5.01 Å². The zero-order valence-electron chi connectivity index (χ0n) is 8.93. The Morgan fingerprint density at radius 1 is 1.60 bits per heavy atom. The molecule has 1 aromatic heterocycles. The van der Waals surface area contributed by atoms with Crippen molar-refractivity contribution < 1.29 is 0 Å². The lowest BCUT2D eigenvalue weighted by Crippen LogP contribution is -2.38. The molecule has 0 amide bonds. The molecular formula is C10H15N3S2. The Hall–Kier alpha value is -0.550. The summed E-state index contributed by atoms with van der Waals surface area (Å²) in [6, 6.07) is 0.538. The fourth-order valence-corrected chi connectivity index (χ4v) is 3.31. The molecule has 1 aliphatic rings. The van der Waals surface area contributed by atoms with Crippen LogP contribution in [-0.4, -0.2) is 21.4 Å². The summed E-state index contributed by atoms with van der Waals surface area (Å²) in [6.45, 7) is 5.16. The molecule has 2 atom stereocenters. The number of aliphatic imine (C=N–C) groups is 1. The molecule has 2 heterocycles. The maximum Gasteiger partial charge on any atom is 0.157 e. The zero-order valence-corrected chi connectivity index (χ0v) is 10.6. The average Bonchev–Trinajstić information content (AvgIpc) is 2.65. The van der Waals surface area contributed by atoms with Crippen LogP contribution in [0.5, 0.6) is 0 Å². The molecule has 0 radical (unpaired) electrons. The van der Waals surface area contributed by atoms with E-state index in [4.69, 9.17) is 0 Å². The number of thioether (sulfide) groups is 1. The van der Waals surface area contributed by atoms with Crippen LogP contribution in [0.1, 0.15) is 25.3 Å². The summed E-state index contributed by atoms with van der Waals surface area (Å²) < 4.78 is 0. The minimum Gasteiger partial charge on any atom is -0.362 e. The second kappa shape index (κ2) is 4.99. The molecule has 0 bridgehead atoms. The number of nitrogens with one attached hydrogen (secondary N) is 1. The molecule has 5 heteroatoms. The van der Waals surface area contributed by atoms with Crippen molar-refractivity contribution in [3.8, 4) is 0 Å². The van der Waals surface area contributed by atoms with Gasteiger partial charge in [-0.1, -0.05) is 18.7 Å². The first-order chi connectivity index (χ1) is 7.24. The molecule has 0 saturated carbocycles. The second-order valence-corrected chi connectivity index (χ2v) is 6.16. The quantitative estimate of drug-likeness (QED) is 0.864. The van der Waals surface area contributed by atoms with Gasteiger partial charge in [0.25, 0.3) is 0 Å². The van der Waals surface area contributed by atoms with Crippen molar-refractivity contribution in [2.45, 2.75) is 38.1 Å². The number of nitrogens with zero attached hydrogens (tertiary/aromatic N) is 2. The minimum atomic E-state index is 0.538. The Kier molecular flexibility index (Phi) is 3.64. The third-order valence-electron chi connectivity index (χ3n) is 2.21. The first-order valence-electron chi connectivity index (χ1n) is 5.10. The molecular weight excluding hydrogens is 226 g/mol. The van der Waals surface area contributed by atoms with E-state index < -0.39 is 0 Å². The Morgan fingerprint density at radius 3 is 3.13 bits per heavy atom. The number of hydrogen-bond donors (Lipinski definition) is 1. The first-order valence-corrected chi connectivity index (χ1v) is 6.86. The zero-order chi connectivity index (χ0) is 10.7. The van der Waals surface area contributed by atoms with Crippen LogP contribution in [0.4, 0.5) is 0 Å². The van der Waals surface area contributed by atoms with Crippen molar-refractivity contribution in [1.29, 1.82) is 0 Å². The van der Waals surface area contributed by atoms with Crippen LogP contribution < -0.4 is 5.32 Å². The van der Waals surface area contributed by atoms with Crippen LogP contribution in [0, 0.1) is 0 Å². The highest BCUT2D eigenvalue weighted by atomic mass is 32.2. The monoisotopic (exact) mass is 241 g/mol. The van der Waals surface area contributed by atoms with Gasteiger partial charge in [-0.3, -0.25) is 4.99 Å². The molecule has 0 aliphatic carbocycles. The lowest BCUT2D eigenvalue weighted by molar-refractivity contribution is 0.597. The highest BCUT2D eigenvalue weighted by molar-refractivity contribution is 8.14. The molecule has 1 aromatic rings. The molecule has 82 valence electrons. The summed E-state index contributed by atoms with van der Waals surface area (Å²) in [5.74, 6) is 0. The summed E-state index contributed by atoms with van der Waals surface area (Å²) in [5, 5.41) is 8.20. The highest BCUT2D eigenvalue weighted by Gasteiger charge is 2.19. The standard InChI is InChI=1S/C10H15N3S2/c1-7-5-8(2)15-10(13-7)12-6-9-11-3-4-14-9/h3-4,7-8H,5-6H2,1-2H3,(H,12,13). The third-order valence-corrected chi connectivity index (χ3v) is 4.04. The third kappa shape index (κ3) is 3.21. The van der Waals surface area contributed by atoms with Gasteiger partial charge in [-0.25, -0.2) is 4.98 Å². The molecule has 1 N–H and O–H groups in total. The summed E-state index contributed by atoms with van der Waals surface area (Å²) in [4.78, 5) is 8.76. The predicted molar refractivity (Wildman–Crippen MR) is 67.5 cm³/mol.